The Balaban J connectivity index is 3.62. The minimum atomic E-state index is -0.765. The van der Waals surface area contributed by atoms with Gasteiger partial charge in [0.2, 0.25) is 0 Å². The van der Waals surface area contributed by atoms with Crippen LogP contribution in [-0.4, -0.2) is 36.4 Å². The molecule has 5 heteroatoms. The molecule has 0 saturated carbocycles. The lowest BCUT2D eigenvalue weighted by atomic mass is 10.1. The van der Waals surface area contributed by atoms with Gasteiger partial charge in [-0.05, 0) is 38.5 Å². The summed E-state index contributed by atoms with van der Waals surface area (Å²) < 4.78 is 10.5. The molecule has 0 rings (SSSR count). The Kier molecular flexibility index (Phi) is 26.2. The van der Waals surface area contributed by atoms with Crippen molar-refractivity contribution in [2.24, 2.45) is 0 Å². The van der Waals surface area contributed by atoms with E-state index in [4.69, 9.17) is 9.47 Å². The van der Waals surface area contributed by atoms with E-state index in [1.54, 1.807) is 0 Å². The number of esters is 2. The maximum Gasteiger partial charge on any atom is 0.306 e. The molecular weight excluding hydrogens is 440 g/mol. The van der Waals surface area contributed by atoms with Crippen LogP contribution >= 0.6 is 0 Å². The van der Waals surface area contributed by atoms with Crippen LogP contribution in [0.2, 0.25) is 0 Å². The zero-order valence-electron chi connectivity index (χ0n) is 23.1. The van der Waals surface area contributed by atoms with Crippen LogP contribution in [0.4, 0.5) is 0 Å². The third kappa shape index (κ3) is 25.5. The van der Waals surface area contributed by atoms with Crippen LogP contribution in [0.15, 0.2) is 12.2 Å². The highest BCUT2D eigenvalue weighted by molar-refractivity contribution is 5.70. The first-order valence-corrected chi connectivity index (χ1v) is 14.7. The second kappa shape index (κ2) is 27.2. The fourth-order valence-corrected chi connectivity index (χ4v) is 4.02. The lowest BCUT2D eigenvalue weighted by Crippen LogP contribution is -2.28. The molecule has 0 aliphatic rings. The second-order valence-corrected chi connectivity index (χ2v) is 9.83. The number of aliphatic hydroxyl groups is 1. The molecule has 0 fully saturated rings. The van der Waals surface area contributed by atoms with E-state index in [-0.39, 0.29) is 25.2 Å². The lowest BCUT2D eigenvalue weighted by molar-refractivity contribution is -0.161. The van der Waals surface area contributed by atoms with E-state index in [0.29, 0.717) is 12.8 Å². The molecular formula is C30H56O5. The number of unbranched alkanes of at least 4 members (excludes halogenated alkanes) is 16. The first kappa shape index (κ1) is 33.6. The third-order valence-electron chi connectivity index (χ3n) is 6.31. The summed E-state index contributed by atoms with van der Waals surface area (Å²) in [5.41, 5.74) is 0. The molecule has 1 N–H and O–H groups in total. The van der Waals surface area contributed by atoms with E-state index in [1.807, 2.05) is 0 Å². The normalized spacial score (nSPS) is 12.2. The smallest absolute Gasteiger partial charge is 0.306 e. The fourth-order valence-electron chi connectivity index (χ4n) is 4.02. The first-order valence-electron chi connectivity index (χ1n) is 14.7. The Morgan fingerprint density at radius 2 is 1.06 bits per heavy atom. The van der Waals surface area contributed by atoms with E-state index in [0.717, 1.165) is 44.9 Å². The number of aliphatic hydroxyl groups excluding tert-OH is 1. The van der Waals surface area contributed by atoms with E-state index >= 15 is 0 Å². The molecule has 1 unspecified atom stereocenters. The van der Waals surface area contributed by atoms with Gasteiger partial charge in [-0.15, -0.1) is 0 Å². The molecule has 0 saturated heterocycles. The number of rotatable bonds is 26. The monoisotopic (exact) mass is 496 g/mol. The second-order valence-electron chi connectivity index (χ2n) is 9.83. The molecule has 5 nitrogen and oxygen atoms in total. The maximum atomic E-state index is 12.0. The van der Waals surface area contributed by atoms with Crippen molar-refractivity contribution in [2.45, 2.75) is 155 Å². The van der Waals surface area contributed by atoms with Crippen LogP contribution in [0.25, 0.3) is 0 Å². The lowest BCUT2D eigenvalue weighted by Gasteiger charge is -2.15. The summed E-state index contributed by atoms with van der Waals surface area (Å²) in [5.74, 6) is -0.604. The average Bonchev–Trinajstić information content (AvgIpc) is 2.86. The van der Waals surface area contributed by atoms with Crippen LogP contribution in [-0.2, 0) is 19.1 Å². The van der Waals surface area contributed by atoms with E-state index in [2.05, 4.69) is 26.0 Å². The van der Waals surface area contributed by atoms with E-state index < -0.39 is 6.10 Å². The Morgan fingerprint density at radius 1 is 0.629 bits per heavy atom. The fraction of sp³-hybridized carbons (Fsp3) is 0.867. The number of ether oxygens (including phenoxy) is 2. The van der Waals surface area contributed by atoms with Crippen molar-refractivity contribution < 1.29 is 24.2 Å². The van der Waals surface area contributed by atoms with Crippen molar-refractivity contribution in [1.82, 2.24) is 0 Å². The Morgan fingerprint density at radius 3 is 1.60 bits per heavy atom. The summed E-state index contributed by atoms with van der Waals surface area (Å²) in [6, 6.07) is 0. The third-order valence-corrected chi connectivity index (χ3v) is 6.31. The highest BCUT2D eigenvalue weighted by atomic mass is 16.6. The summed E-state index contributed by atoms with van der Waals surface area (Å²) in [4.78, 5) is 23.9. The molecule has 0 heterocycles. The van der Waals surface area contributed by atoms with Crippen molar-refractivity contribution in [1.29, 1.82) is 0 Å². The van der Waals surface area contributed by atoms with Crippen LogP contribution in [0.5, 0.6) is 0 Å². The zero-order valence-corrected chi connectivity index (χ0v) is 23.1. The van der Waals surface area contributed by atoms with Crippen LogP contribution in [0.3, 0.4) is 0 Å². The van der Waals surface area contributed by atoms with Gasteiger partial charge in [0.15, 0.2) is 6.10 Å². The average molecular weight is 497 g/mol. The summed E-state index contributed by atoms with van der Waals surface area (Å²) in [7, 11) is 0. The van der Waals surface area contributed by atoms with Gasteiger partial charge < -0.3 is 14.6 Å². The van der Waals surface area contributed by atoms with Gasteiger partial charge in [-0.25, -0.2) is 0 Å². The Hall–Kier alpha value is -1.36. The van der Waals surface area contributed by atoms with Crippen molar-refractivity contribution in [3.05, 3.63) is 12.2 Å². The first-order chi connectivity index (χ1) is 17.1. The Bertz CT molecular complexity index is 503. The van der Waals surface area contributed by atoms with Gasteiger partial charge in [0, 0.05) is 12.8 Å². The highest BCUT2D eigenvalue weighted by Gasteiger charge is 2.16. The molecule has 0 aromatic heterocycles. The molecule has 0 aromatic rings. The summed E-state index contributed by atoms with van der Waals surface area (Å²) in [6.07, 6.45) is 26.9. The molecule has 0 radical (unpaired) electrons. The zero-order chi connectivity index (χ0) is 25.8. The molecule has 206 valence electrons. The van der Waals surface area contributed by atoms with Crippen LogP contribution in [0, 0.1) is 0 Å². The van der Waals surface area contributed by atoms with Crippen molar-refractivity contribution in [3.63, 3.8) is 0 Å². The standard InChI is InChI=1S/C30H56O5/c1-3-5-7-9-11-13-14-15-17-19-21-23-25-30(33)35-28(26-31)27-34-29(32)24-22-20-18-16-12-10-8-6-4-2/h11,13,28,31H,3-10,12,14-27H2,1-2H3/b13-11-. The van der Waals surface area contributed by atoms with Gasteiger partial charge in [-0.2, -0.15) is 0 Å². The minimum Gasteiger partial charge on any atom is -0.462 e. The van der Waals surface area contributed by atoms with E-state index in [9.17, 15) is 14.7 Å². The van der Waals surface area contributed by atoms with Crippen molar-refractivity contribution in [2.75, 3.05) is 13.2 Å². The quantitative estimate of drug-likeness (QED) is 0.0741. The van der Waals surface area contributed by atoms with Crippen LogP contribution < -0.4 is 0 Å². The summed E-state index contributed by atoms with van der Waals surface area (Å²) in [5, 5.41) is 9.44. The molecule has 35 heavy (non-hydrogen) atoms. The topological polar surface area (TPSA) is 72.8 Å². The highest BCUT2D eigenvalue weighted by Crippen LogP contribution is 2.12. The van der Waals surface area contributed by atoms with Gasteiger partial charge in [0.05, 0.1) is 6.61 Å². The largest absolute Gasteiger partial charge is 0.462 e. The summed E-state index contributed by atoms with van der Waals surface area (Å²) in [6.45, 7) is 4.06. The van der Waals surface area contributed by atoms with Gasteiger partial charge in [0.1, 0.15) is 6.61 Å². The number of allylic oxidation sites excluding steroid dienone is 2. The maximum absolute atomic E-state index is 12.0. The molecule has 0 bridgehead atoms. The van der Waals surface area contributed by atoms with Gasteiger partial charge in [-0.3, -0.25) is 9.59 Å². The molecule has 0 aromatic carbocycles. The predicted octanol–water partition coefficient (Wildman–Crippen LogP) is 8.22. The predicted molar refractivity (Wildman–Crippen MR) is 145 cm³/mol. The number of hydrogen-bond donors (Lipinski definition) is 1. The number of carbonyl (C=O) groups excluding carboxylic acids is 2. The summed E-state index contributed by atoms with van der Waals surface area (Å²) >= 11 is 0. The van der Waals surface area contributed by atoms with Gasteiger partial charge in [0.25, 0.3) is 0 Å². The molecule has 1 atom stereocenters. The van der Waals surface area contributed by atoms with Crippen molar-refractivity contribution >= 4 is 11.9 Å². The van der Waals surface area contributed by atoms with Gasteiger partial charge >= 0.3 is 11.9 Å². The van der Waals surface area contributed by atoms with E-state index in [1.165, 1.54) is 77.0 Å². The SMILES string of the molecule is CCCCC/C=C\CCCCCCCC(=O)OC(CO)COC(=O)CCCCCCCCCCC. The molecule has 0 spiro atoms. The molecule has 0 aliphatic carbocycles. The van der Waals surface area contributed by atoms with Crippen molar-refractivity contribution in [3.8, 4) is 0 Å². The minimum absolute atomic E-state index is 0.0650. The van der Waals surface area contributed by atoms with Crippen LogP contribution in [0.1, 0.15) is 149 Å². The molecule has 0 aliphatic heterocycles. The molecule has 0 amide bonds. The number of hydrogen-bond acceptors (Lipinski definition) is 5. The number of carbonyl (C=O) groups is 2. The Labute approximate surface area is 216 Å². The van der Waals surface area contributed by atoms with Gasteiger partial charge in [-0.1, -0.05) is 109 Å².